The maximum absolute atomic E-state index is 11.0. The summed E-state index contributed by atoms with van der Waals surface area (Å²) in [7, 11) is 1.98. The SMILES string of the molecule is COc1c(Cl)cc(Pc2ccccc2)cc1C=O.[LiH]. The van der Waals surface area contributed by atoms with Gasteiger partial charge in [-0.05, 0) is 22.7 Å². The molecule has 0 aliphatic carbocycles. The van der Waals surface area contributed by atoms with Gasteiger partial charge in [0.1, 0.15) is 5.75 Å². The van der Waals surface area contributed by atoms with Crippen LogP contribution in [-0.4, -0.2) is 32.3 Å². The number of hydrogen-bond acceptors (Lipinski definition) is 2. The van der Waals surface area contributed by atoms with E-state index in [1.54, 1.807) is 0 Å². The third-order valence-electron chi connectivity index (χ3n) is 2.47. The fraction of sp³-hybridized carbons (Fsp3) is 0.0714. The van der Waals surface area contributed by atoms with Crippen molar-refractivity contribution in [1.29, 1.82) is 0 Å². The number of rotatable bonds is 4. The molecule has 2 aromatic carbocycles. The van der Waals surface area contributed by atoms with Gasteiger partial charge in [0, 0.05) is 0 Å². The second-order valence-electron chi connectivity index (χ2n) is 3.69. The molecule has 0 saturated carbocycles. The van der Waals surface area contributed by atoms with E-state index in [-0.39, 0.29) is 18.9 Å². The summed E-state index contributed by atoms with van der Waals surface area (Å²) in [6.45, 7) is 0. The Bertz CT molecular complexity index is 561. The number of halogens is 1. The van der Waals surface area contributed by atoms with Crippen LogP contribution in [-0.2, 0) is 0 Å². The molecule has 0 radical (unpaired) electrons. The molecule has 0 spiro atoms. The Morgan fingerprint density at radius 3 is 2.42 bits per heavy atom. The predicted molar refractivity (Wildman–Crippen MR) is 84.6 cm³/mol. The Hall–Kier alpha value is -0.773. The van der Waals surface area contributed by atoms with E-state index in [9.17, 15) is 4.79 Å². The fourth-order valence-electron chi connectivity index (χ4n) is 1.68. The summed E-state index contributed by atoms with van der Waals surface area (Å²) in [6, 6.07) is 13.7. The van der Waals surface area contributed by atoms with Gasteiger partial charge in [0.05, 0.1) is 17.7 Å². The normalized spacial score (nSPS) is 10.2. The van der Waals surface area contributed by atoms with Gasteiger partial charge in [-0.3, -0.25) is 4.79 Å². The molecule has 2 aromatic rings. The van der Waals surface area contributed by atoms with Crippen LogP contribution >= 0.6 is 20.2 Å². The zero-order valence-corrected chi connectivity index (χ0v) is 11.6. The minimum absolute atomic E-state index is 0. The van der Waals surface area contributed by atoms with Crippen molar-refractivity contribution in [3.8, 4) is 5.75 Å². The van der Waals surface area contributed by atoms with Crippen LogP contribution in [0.3, 0.4) is 0 Å². The first-order valence-electron chi connectivity index (χ1n) is 5.39. The van der Waals surface area contributed by atoms with Crippen molar-refractivity contribution in [2.45, 2.75) is 0 Å². The van der Waals surface area contributed by atoms with Gasteiger partial charge >= 0.3 is 18.9 Å². The molecule has 0 N–H and O–H groups in total. The van der Waals surface area contributed by atoms with Crippen molar-refractivity contribution in [2.75, 3.05) is 7.11 Å². The van der Waals surface area contributed by atoms with Gasteiger partial charge < -0.3 is 4.74 Å². The number of hydrogen-bond donors (Lipinski definition) is 0. The van der Waals surface area contributed by atoms with E-state index in [1.807, 2.05) is 30.3 Å². The zero-order valence-electron chi connectivity index (χ0n) is 9.81. The predicted octanol–water partition coefficient (Wildman–Crippen LogP) is 2.14. The number of benzene rings is 2. The summed E-state index contributed by atoms with van der Waals surface area (Å²) in [5.74, 6) is 0.438. The first kappa shape index (κ1) is 16.3. The molecule has 0 aliphatic heterocycles. The van der Waals surface area contributed by atoms with Crippen LogP contribution in [0.15, 0.2) is 42.5 Å². The average molecular weight is 287 g/mol. The Morgan fingerprint density at radius 1 is 1.16 bits per heavy atom. The van der Waals surface area contributed by atoms with Crippen molar-refractivity contribution < 1.29 is 9.53 Å². The first-order valence-corrected chi connectivity index (χ1v) is 6.77. The summed E-state index contributed by atoms with van der Waals surface area (Å²) < 4.78 is 5.11. The zero-order chi connectivity index (χ0) is 13.0. The van der Waals surface area contributed by atoms with E-state index < -0.39 is 0 Å². The summed E-state index contributed by atoms with van der Waals surface area (Å²) in [5.41, 5.74) is 0.489. The quantitative estimate of drug-likeness (QED) is 0.489. The van der Waals surface area contributed by atoms with Crippen LogP contribution < -0.4 is 15.3 Å². The van der Waals surface area contributed by atoms with E-state index in [4.69, 9.17) is 16.3 Å². The van der Waals surface area contributed by atoms with Crippen LogP contribution in [0.5, 0.6) is 5.75 Å². The molecule has 0 bridgehead atoms. The maximum atomic E-state index is 11.0. The minimum atomic E-state index is 0. The molecule has 2 nitrogen and oxygen atoms in total. The monoisotopic (exact) mass is 286 g/mol. The second-order valence-corrected chi connectivity index (χ2v) is 5.50. The summed E-state index contributed by atoms with van der Waals surface area (Å²) in [5, 5.41) is 2.70. The van der Waals surface area contributed by atoms with Crippen LogP contribution in [0, 0.1) is 0 Å². The summed E-state index contributed by atoms with van der Waals surface area (Å²) in [4.78, 5) is 11.0. The van der Waals surface area contributed by atoms with Crippen molar-refractivity contribution in [3.63, 3.8) is 0 Å². The molecular weight excluding hydrogens is 274 g/mol. The molecule has 0 heterocycles. The molecule has 0 aromatic heterocycles. The van der Waals surface area contributed by atoms with Gasteiger partial charge in [0.15, 0.2) is 6.29 Å². The molecule has 19 heavy (non-hydrogen) atoms. The molecule has 2 rings (SSSR count). The third kappa shape index (κ3) is 4.10. The van der Waals surface area contributed by atoms with Gasteiger partial charge in [-0.25, -0.2) is 0 Å². The Kier molecular flexibility index (Phi) is 6.62. The standard InChI is InChI=1S/C14H12ClO2P.Li.H/c1-17-14-10(9-16)7-12(8-13(14)15)18-11-5-3-2-4-6-11;;/h2-9,18H,1H3;;. The van der Waals surface area contributed by atoms with Gasteiger partial charge in [-0.2, -0.15) is 0 Å². The summed E-state index contributed by atoms with van der Waals surface area (Å²) in [6.07, 6.45) is 0.768. The fourth-order valence-corrected chi connectivity index (χ4v) is 3.21. The van der Waals surface area contributed by atoms with E-state index in [1.165, 1.54) is 12.4 Å². The second kappa shape index (κ2) is 7.73. The van der Waals surface area contributed by atoms with Crippen LogP contribution in [0.4, 0.5) is 0 Å². The number of carbonyl (C=O) groups excluding carboxylic acids is 1. The molecule has 94 valence electrons. The molecule has 0 saturated heterocycles. The molecule has 0 aliphatic rings. The van der Waals surface area contributed by atoms with Gasteiger partial charge in [0.2, 0.25) is 0 Å². The average Bonchev–Trinajstić information content (AvgIpc) is 2.39. The molecular formula is C14H13ClLiO2P. The van der Waals surface area contributed by atoms with Crippen molar-refractivity contribution in [2.24, 2.45) is 0 Å². The molecule has 1 unspecified atom stereocenters. The molecule has 0 fully saturated rings. The number of carbonyl (C=O) groups is 1. The Balaban J connectivity index is 0.00000180. The van der Waals surface area contributed by atoms with Gasteiger partial charge in [0.25, 0.3) is 0 Å². The Labute approximate surface area is 131 Å². The van der Waals surface area contributed by atoms with Crippen molar-refractivity contribution in [1.82, 2.24) is 0 Å². The number of ether oxygens (including phenoxy) is 1. The molecule has 0 amide bonds. The topological polar surface area (TPSA) is 26.3 Å². The third-order valence-corrected chi connectivity index (χ3v) is 3.95. The van der Waals surface area contributed by atoms with Crippen molar-refractivity contribution in [3.05, 3.63) is 53.1 Å². The molecule has 1 atom stereocenters. The van der Waals surface area contributed by atoms with Crippen molar-refractivity contribution >= 4 is 55.9 Å². The molecule has 5 heteroatoms. The van der Waals surface area contributed by atoms with E-state index in [0.717, 1.165) is 11.6 Å². The van der Waals surface area contributed by atoms with Crippen LogP contribution in [0.25, 0.3) is 0 Å². The Morgan fingerprint density at radius 2 is 1.84 bits per heavy atom. The van der Waals surface area contributed by atoms with Gasteiger partial charge in [-0.15, -0.1) is 0 Å². The van der Waals surface area contributed by atoms with E-state index in [0.29, 0.717) is 24.9 Å². The number of methoxy groups -OCH3 is 1. The first-order chi connectivity index (χ1) is 8.74. The number of aldehydes is 1. The van der Waals surface area contributed by atoms with E-state index in [2.05, 4.69) is 12.1 Å². The van der Waals surface area contributed by atoms with Crippen LogP contribution in [0.1, 0.15) is 10.4 Å². The van der Waals surface area contributed by atoms with Gasteiger partial charge in [-0.1, -0.05) is 50.5 Å². The van der Waals surface area contributed by atoms with E-state index >= 15 is 0 Å². The van der Waals surface area contributed by atoms with Crippen LogP contribution in [0.2, 0.25) is 5.02 Å². The summed E-state index contributed by atoms with van der Waals surface area (Å²) >= 11 is 6.10.